The van der Waals surface area contributed by atoms with Crippen LogP contribution in [0, 0.1) is 29.0 Å². The number of nitrogens with zero attached hydrogens (tertiary/aromatic N) is 2. The molecule has 1 aromatic carbocycles. The van der Waals surface area contributed by atoms with E-state index in [9.17, 15) is 9.18 Å². The Morgan fingerprint density at radius 2 is 2.14 bits per heavy atom. The first kappa shape index (κ1) is 20.4. The highest BCUT2D eigenvalue weighted by atomic mass is 19.1. The molecule has 3 saturated carbocycles. The van der Waals surface area contributed by atoms with Crippen molar-refractivity contribution in [3.63, 3.8) is 0 Å². The smallest absolute Gasteiger partial charge is 0.333 e. The number of rotatable bonds is 5. The number of hydrogen-bond donors (Lipinski definition) is 1. The summed E-state index contributed by atoms with van der Waals surface area (Å²) < 4.78 is 13.8. The fourth-order valence-corrected chi connectivity index (χ4v) is 5.85. The largest absolute Gasteiger partial charge is 0.338 e. The van der Waals surface area contributed by atoms with Gasteiger partial charge in [-0.25, -0.2) is 14.2 Å². The van der Waals surface area contributed by atoms with Crippen LogP contribution in [0.5, 0.6) is 0 Å². The first-order valence-corrected chi connectivity index (χ1v) is 11.2. The lowest BCUT2D eigenvalue weighted by Gasteiger charge is -2.62. The minimum atomic E-state index is -0.238. The van der Waals surface area contributed by atoms with Gasteiger partial charge in [-0.1, -0.05) is 46.2 Å². The number of hydrogen-bond acceptors (Lipinski definition) is 2. The molecule has 2 bridgehead atoms. The van der Waals surface area contributed by atoms with Crippen molar-refractivity contribution in [1.82, 2.24) is 10.3 Å². The summed E-state index contributed by atoms with van der Waals surface area (Å²) in [6.07, 6.45) is 5.30. The van der Waals surface area contributed by atoms with Crippen LogP contribution in [-0.4, -0.2) is 29.3 Å². The van der Waals surface area contributed by atoms with Crippen LogP contribution in [0.4, 0.5) is 9.18 Å². The van der Waals surface area contributed by atoms with Gasteiger partial charge in [0.15, 0.2) is 0 Å². The van der Waals surface area contributed by atoms with Gasteiger partial charge in [-0.3, -0.25) is 0 Å². The molecule has 0 radical (unpaired) electrons. The summed E-state index contributed by atoms with van der Waals surface area (Å²) >= 11 is 0. The van der Waals surface area contributed by atoms with E-state index >= 15 is 0 Å². The highest BCUT2D eigenvalue weighted by Gasteiger charge is 2.56. The molecule has 29 heavy (non-hydrogen) atoms. The molecule has 0 saturated heterocycles. The minimum Gasteiger partial charge on any atom is -0.333 e. The third kappa shape index (κ3) is 3.69. The van der Waals surface area contributed by atoms with E-state index in [2.05, 4.69) is 38.1 Å². The van der Waals surface area contributed by atoms with Crippen molar-refractivity contribution in [3.8, 4) is 0 Å². The Labute approximate surface area is 173 Å². The van der Waals surface area contributed by atoms with E-state index in [4.69, 9.17) is 0 Å². The Balaban J connectivity index is 1.45. The Morgan fingerprint density at radius 1 is 1.34 bits per heavy atom. The fourth-order valence-electron chi connectivity index (χ4n) is 5.85. The second-order valence-electron chi connectivity index (χ2n) is 9.90. The predicted octanol–water partition coefficient (Wildman–Crippen LogP) is 5.55. The third-order valence-electron chi connectivity index (χ3n) is 7.94. The van der Waals surface area contributed by atoms with Gasteiger partial charge < -0.3 is 5.32 Å². The maximum Gasteiger partial charge on any atom is 0.338 e. The molecule has 158 valence electrons. The fraction of sp³-hybridized carbons (Fsp3) is 0.667. The predicted molar refractivity (Wildman–Crippen MR) is 114 cm³/mol. The van der Waals surface area contributed by atoms with Crippen LogP contribution in [0.3, 0.4) is 0 Å². The molecule has 1 N–H and O–H groups in total. The number of nitrogens with one attached hydrogen (secondary N) is 1. The molecule has 2 amide bonds. The zero-order chi connectivity index (χ0) is 20.8. The van der Waals surface area contributed by atoms with Crippen molar-refractivity contribution in [1.29, 1.82) is 0 Å². The average Bonchev–Trinajstić information content (AvgIpc) is 3.11. The summed E-state index contributed by atoms with van der Waals surface area (Å²) in [4.78, 5) is 13.0. The quantitative estimate of drug-likeness (QED) is 0.693. The molecule has 1 aliphatic heterocycles. The average molecular weight is 400 g/mol. The van der Waals surface area contributed by atoms with Crippen molar-refractivity contribution in [2.24, 2.45) is 28.3 Å². The van der Waals surface area contributed by atoms with Crippen LogP contribution >= 0.6 is 0 Å². The highest BCUT2D eigenvalue weighted by molar-refractivity contribution is 5.94. The minimum absolute atomic E-state index is 0.0147. The number of carbonyl (C=O) groups is 1. The van der Waals surface area contributed by atoms with Gasteiger partial charge in [0.05, 0.1) is 6.54 Å². The molecule has 3 aliphatic carbocycles. The van der Waals surface area contributed by atoms with E-state index in [0.29, 0.717) is 29.7 Å². The summed E-state index contributed by atoms with van der Waals surface area (Å²) in [5, 5.41) is 9.53. The molecule has 5 rings (SSSR count). The zero-order valence-corrected chi connectivity index (χ0v) is 18.1. The van der Waals surface area contributed by atoms with Gasteiger partial charge in [-0.2, -0.15) is 5.10 Å². The van der Waals surface area contributed by atoms with Crippen LogP contribution in [-0.2, 0) is 0 Å². The number of halogens is 1. The Morgan fingerprint density at radius 3 is 2.79 bits per heavy atom. The van der Waals surface area contributed by atoms with Crippen molar-refractivity contribution in [3.05, 3.63) is 35.6 Å². The molecule has 0 aromatic heterocycles. The van der Waals surface area contributed by atoms with Crippen LogP contribution < -0.4 is 5.32 Å². The van der Waals surface area contributed by atoms with Gasteiger partial charge in [0.25, 0.3) is 0 Å². The van der Waals surface area contributed by atoms with Crippen LogP contribution in [0.15, 0.2) is 29.4 Å². The monoisotopic (exact) mass is 399 g/mol. The van der Waals surface area contributed by atoms with Crippen LogP contribution in [0.2, 0.25) is 0 Å². The SMILES string of the molecule is CCCCC1=NN(C(=O)N[C@H]2CC3CC([C@@H]2C)C3(C)C)CC1c1cccc(F)c1. The standard InChI is InChI=1S/C24H34FN3O/c1-5-6-10-21-19(16-8-7-9-18(25)11-16)14-28(27-21)23(29)26-22-13-17-12-20(15(22)2)24(17,3)4/h7-9,11,15,17,19-20,22H,5-6,10,12-14H2,1-4H3,(H,26,29)/t15-,17?,19?,20?,22-/m0/s1. The van der Waals surface area contributed by atoms with E-state index in [1.54, 1.807) is 17.1 Å². The lowest BCUT2D eigenvalue weighted by molar-refractivity contribution is -0.113. The van der Waals surface area contributed by atoms with E-state index < -0.39 is 0 Å². The van der Waals surface area contributed by atoms with Gasteiger partial charge in [-0.05, 0) is 66.5 Å². The Hall–Kier alpha value is -1.91. The van der Waals surface area contributed by atoms with Crippen molar-refractivity contribution in [2.45, 2.75) is 71.8 Å². The highest BCUT2D eigenvalue weighted by Crippen LogP contribution is 2.61. The first-order chi connectivity index (χ1) is 13.8. The molecule has 5 atom stereocenters. The molecule has 5 heteroatoms. The van der Waals surface area contributed by atoms with Crippen LogP contribution in [0.1, 0.15) is 71.3 Å². The first-order valence-electron chi connectivity index (χ1n) is 11.2. The maximum absolute atomic E-state index is 13.8. The number of fused-ring (bicyclic) bond motifs is 2. The normalized spacial score (nSPS) is 32.5. The summed E-state index contributed by atoms with van der Waals surface area (Å²) in [6, 6.07) is 6.84. The number of carbonyl (C=O) groups excluding carboxylic acids is 1. The van der Waals surface area contributed by atoms with Gasteiger partial charge in [0.2, 0.25) is 0 Å². The van der Waals surface area contributed by atoms with Crippen molar-refractivity contribution in [2.75, 3.05) is 6.54 Å². The van der Waals surface area contributed by atoms with Gasteiger partial charge >= 0.3 is 6.03 Å². The molecule has 1 aromatic rings. The van der Waals surface area contributed by atoms with Crippen LogP contribution in [0.25, 0.3) is 0 Å². The molecule has 3 unspecified atom stereocenters. The number of urea groups is 1. The molecule has 4 nitrogen and oxygen atoms in total. The van der Waals surface area contributed by atoms with Gasteiger partial charge in [-0.15, -0.1) is 0 Å². The molecule has 3 fully saturated rings. The van der Waals surface area contributed by atoms with Crippen molar-refractivity contribution < 1.29 is 9.18 Å². The van der Waals surface area contributed by atoms with Gasteiger partial charge in [0.1, 0.15) is 5.82 Å². The van der Waals surface area contributed by atoms with E-state index in [0.717, 1.165) is 37.0 Å². The lowest BCUT2D eigenvalue weighted by atomic mass is 9.45. The van der Waals surface area contributed by atoms with E-state index in [1.165, 1.54) is 12.5 Å². The summed E-state index contributed by atoms with van der Waals surface area (Å²) in [5.41, 5.74) is 2.31. The summed E-state index contributed by atoms with van der Waals surface area (Å²) in [6.45, 7) is 9.66. The topological polar surface area (TPSA) is 44.7 Å². The Kier molecular flexibility index (Phi) is 5.43. The van der Waals surface area contributed by atoms with E-state index in [-0.39, 0.29) is 23.8 Å². The van der Waals surface area contributed by atoms with Gasteiger partial charge in [0, 0.05) is 17.7 Å². The number of hydrazone groups is 1. The number of benzene rings is 1. The molecular formula is C24H34FN3O. The number of unbranched alkanes of at least 4 members (excludes halogenated alkanes) is 1. The second-order valence-corrected chi connectivity index (χ2v) is 9.90. The van der Waals surface area contributed by atoms with E-state index in [1.807, 2.05) is 6.07 Å². The zero-order valence-electron chi connectivity index (χ0n) is 18.1. The third-order valence-corrected chi connectivity index (χ3v) is 7.94. The van der Waals surface area contributed by atoms with Crippen molar-refractivity contribution >= 4 is 11.7 Å². The maximum atomic E-state index is 13.8. The summed E-state index contributed by atoms with van der Waals surface area (Å²) in [5.74, 6) is 1.63. The lowest BCUT2D eigenvalue weighted by Crippen LogP contribution is -2.61. The summed E-state index contributed by atoms with van der Waals surface area (Å²) in [7, 11) is 0. The Bertz CT molecular complexity index is 805. The molecule has 4 aliphatic rings. The second kappa shape index (κ2) is 7.73. The molecule has 0 spiro atoms. The number of amides is 2. The molecule has 1 heterocycles. The molecular weight excluding hydrogens is 365 g/mol.